The van der Waals surface area contributed by atoms with Gasteiger partial charge < -0.3 is 9.84 Å². The van der Waals surface area contributed by atoms with E-state index in [9.17, 15) is 9.59 Å². The summed E-state index contributed by atoms with van der Waals surface area (Å²) < 4.78 is 5.99. The molecule has 1 atom stereocenters. The molecule has 0 bridgehead atoms. The Morgan fingerprint density at radius 2 is 0.878 bits per heavy atom. The summed E-state index contributed by atoms with van der Waals surface area (Å²) in [6.45, 7) is 4.52. The maximum absolute atomic E-state index is 12.6. The predicted molar refractivity (Wildman–Crippen MR) is 177 cm³/mol. The van der Waals surface area contributed by atoms with Crippen LogP contribution in [0.1, 0.15) is 206 Å². The van der Waals surface area contributed by atoms with Crippen LogP contribution >= 0.6 is 0 Å². The van der Waals surface area contributed by atoms with E-state index in [0.29, 0.717) is 12.8 Å². The first kappa shape index (κ1) is 39.7. The molecule has 41 heavy (non-hydrogen) atoms. The van der Waals surface area contributed by atoms with E-state index in [1.165, 1.54) is 128 Å². The minimum atomic E-state index is -0.682. The molecule has 0 aromatic rings. The van der Waals surface area contributed by atoms with Crippen LogP contribution in [0, 0.1) is 0 Å². The van der Waals surface area contributed by atoms with Gasteiger partial charge in [-0.3, -0.25) is 9.59 Å². The third-order valence-electron chi connectivity index (χ3n) is 8.24. The fraction of sp³-hybridized carbons (Fsp3) is 0.892. The summed E-state index contributed by atoms with van der Waals surface area (Å²) >= 11 is 0. The highest BCUT2D eigenvalue weighted by Crippen LogP contribution is 2.19. The third kappa shape index (κ3) is 33.1. The third-order valence-corrected chi connectivity index (χ3v) is 8.24. The van der Waals surface area contributed by atoms with Gasteiger partial charge in [-0.1, -0.05) is 142 Å². The Morgan fingerprint density at radius 3 is 1.34 bits per heavy atom. The Hall–Kier alpha value is -1.32. The number of carboxylic acids is 1. The van der Waals surface area contributed by atoms with Gasteiger partial charge in [-0.15, -0.1) is 0 Å². The molecule has 0 radical (unpaired) electrons. The molecule has 1 unspecified atom stereocenters. The summed E-state index contributed by atoms with van der Waals surface area (Å²) in [5, 5.41) is 8.71. The molecule has 4 heteroatoms. The molecule has 0 saturated heterocycles. The molecule has 0 heterocycles. The largest absolute Gasteiger partial charge is 0.481 e. The number of unbranched alkanes of at least 4 members (excludes halogenated alkanes) is 22. The van der Waals surface area contributed by atoms with E-state index in [2.05, 4.69) is 26.0 Å². The lowest BCUT2D eigenvalue weighted by molar-refractivity contribution is -0.150. The molecule has 4 nitrogen and oxygen atoms in total. The summed E-state index contributed by atoms with van der Waals surface area (Å²) in [6, 6.07) is 0. The number of allylic oxidation sites excluding steroid dienone is 2. The molecule has 1 N–H and O–H groups in total. The van der Waals surface area contributed by atoms with Crippen LogP contribution in [0.15, 0.2) is 12.2 Å². The minimum absolute atomic E-state index is 0.0198. The van der Waals surface area contributed by atoms with Gasteiger partial charge >= 0.3 is 11.9 Å². The van der Waals surface area contributed by atoms with Crippen LogP contribution in [0.3, 0.4) is 0 Å². The number of esters is 1. The lowest BCUT2D eigenvalue weighted by Crippen LogP contribution is -2.18. The topological polar surface area (TPSA) is 63.6 Å². The van der Waals surface area contributed by atoms with E-state index in [-0.39, 0.29) is 12.1 Å². The van der Waals surface area contributed by atoms with Gasteiger partial charge in [0, 0.05) is 12.8 Å². The quantitative estimate of drug-likeness (QED) is 0.0478. The van der Waals surface area contributed by atoms with Gasteiger partial charge in [-0.2, -0.15) is 0 Å². The Balaban J connectivity index is 3.95. The number of carbonyl (C=O) groups is 2. The Labute approximate surface area is 255 Å². The SMILES string of the molecule is CCCCCC/C=C\CCCCCCCCC(=O)OC(CCCCCCCC)CCCCCCCCCCC(=O)O. The fourth-order valence-electron chi connectivity index (χ4n) is 5.53. The van der Waals surface area contributed by atoms with Crippen molar-refractivity contribution >= 4 is 11.9 Å². The van der Waals surface area contributed by atoms with Crippen LogP contribution in [0.25, 0.3) is 0 Å². The first-order valence-electron chi connectivity index (χ1n) is 18.2. The number of hydrogen-bond acceptors (Lipinski definition) is 3. The van der Waals surface area contributed by atoms with Crippen LogP contribution in [0.4, 0.5) is 0 Å². The molecule has 0 spiro atoms. The standard InChI is InChI=1S/C37H70O4/c1-3-5-7-9-11-12-13-14-15-16-17-22-26-30-34-37(40)41-35(31-27-23-10-8-6-4-2)32-28-24-20-18-19-21-25-29-33-36(38)39/h12-13,35H,3-11,14-34H2,1-2H3,(H,38,39)/b13-12-. The summed E-state index contributed by atoms with van der Waals surface area (Å²) in [5.41, 5.74) is 0. The van der Waals surface area contributed by atoms with Gasteiger partial charge in [-0.05, 0) is 64.2 Å². The molecular weight excluding hydrogens is 508 g/mol. The molecule has 0 amide bonds. The first-order chi connectivity index (χ1) is 20.1. The molecule has 0 aromatic carbocycles. The average Bonchev–Trinajstić information content (AvgIpc) is 2.95. The highest BCUT2D eigenvalue weighted by atomic mass is 16.5. The molecule has 0 rings (SSSR count). The highest BCUT2D eigenvalue weighted by molar-refractivity contribution is 5.69. The second kappa shape index (κ2) is 33.2. The smallest absolute Gasteiger partial charge is 0.306 e. The van der Waals surface area contributed by atoms with E-state index in [1.54, 1.807) is 0 Å². The van der Waals surface area contributed by atoms with Crippen LogP contribution in [0.5, 0.6) is 0 Å². The average molecular weight is 579 g/mol. The Bertz CT molecular complexity index is 585. The fourth-order valence-corrected chi connectivity index (χ4v) is 5.53. The van der Waals surface area contributed by atoms with Crippen LogP contribution in [-0.4, -0.2) is 23.1 Å². The van der Waals surface area contributed by atoms with Crippen molar-refractivity contribution in [2.24, 2.45) is 0 Å². The molecule has 0 aliphatic carbocycles. The number of carbonyl (C=O) groups excluding carboxylic acids is 1. The van der Waals surface area contributed by atoms with Gasteiger partial charge in [0.15, 0.2) is 0 Å². The lowest BCUT2D eigenvalue weighted by atomic mass is 10.0. The van der Waals surface area contributed by atoms with Gasteiger partial charge in [0.2, 0.25) is 0 Å². The number of ether oxygens (including phenoxy) is 1. The zero-order chi connectivity index (χ0) is 30.1. The first-order valence-corrected chi connectivity index (χ1v) is 18.2. The van der Waals surface area contributed by atoms with Gasteiger partial charge in [0.25, 0.3) is 0 Å². The highest BCUT2D eigenvalue weighted by Gasteiger charge is 2.14. The van der Waals surface area contributed by atoms with Gasteiger partial charge in [0.1, 0.15) is 6.10 Å². The van der Waals surface area contributed by atoms with Gasteiger partial charge in [-0.25, -0.2) is 0 Å². The summed E-state index contributed by atoms with van der Waals surface area (Å²) in [4.78, 5) is 23.2. The van der Waals surface area contributed by atoms with E-state index < -0.39 is 5.97 Å². The van der Waals surface area contributed by atoms with Crippen molar-refractivity contribution in [1.82, 2.24) is 0 Å². The van der Waals surface area contributed by atoms with Crippen molar-refractivity contribution in [3.8, 4) is 0 Å². The molecule has 0 saturated carbocycles. The van der Waals surface area contributed by atoms with Crippen molar-refractivity contribution in [3.63, 3.8) is 0 Å². The maximum Gasteiger partial charge on any atom is 0.306 e. The molecule has 0 aromatic heterocycles. The van der Waals surface area contributed by atoms with Crippen molar-refractivity contribution in [2.45, 2.75) is 213 Å². The zero-order valence-corrected chi connectivity index (χ0v) is 27.6. The van der Waals surface area contributed by atoms with Crippen molar-refractivity contribution in [3.05, 3.63) is 12.2 Å². The number of carboxylic acid groups (broad SMARTS) is 1. The Kier molecular flexibility index (Phi) is 32.1. The number of aliphatic carboxylic acids is 1. The lowest BCUT2D eigenvalue weighted by Gasteiger charge is -2.18. The molecule has 242 valence electrons. The van der Waals surface area contributed by atoms with Crippen molar-refractivity contribution < 1.29 is 19.4 Å². The molecular formula is C37H70O4. The summed E-state index contributed by atoms with van der Waals surface area (Å²) in [6.07, 6.45) is 39.4. The van der Waals surface area contributed by atoms with E-state index in [1.807, 2.05) is 0 Å². The molecule has 0 aliphatic rings. The summed E-state index contributed by atoms with van der Waals surface area (Å²) in [5.74, 6) is -0.662. The molecule has 0 aliphatic heterocycles. The number of hydrogen-bond donors (Lipinski definition) is 1. The van der Waals surface area contributed by atoms with Gasteiger partial charge in [0.05, 0.1) is 0 Å². The van der Waals surface area contributed by atoms with E-state index in [4.69, 9.17) is 9.84 Å². The zero-order valence-electron chi connectivity index (χ0n) is 27.6. The predicted octanol–water partition coefficient (Wildman–Crippen LogP) is 12.3. The van der Waals surface area contributed by atoms with Crippen LogP contribution in [-0.2, 0) is 14.3 Å². The Morgan fingerprint density at radius 1 is 0.512 bits per heavy atom. The van der Waals surface area contributed by atoms with Crippen molar-refractivity contribution in [1.29, 1.82) is 0 Å². The van der Waals surface area contributed by atoms with Crippen molar-refractivity contribution in [2.75, 3.05) is 0 Å². The van der Waals surface area contributed by atoms with Crippen LogP contribution in [0.2, 0.25) is 0 Å². The monoisotopic (exact) mass is 579 g/mol. The van der Waals surface area contributed by atoms with E-state index in [0.717, 1.165) is 51.4 Å². The van der Waals surface area contributed by atoms with E-state index >= 15 is 0 Å². The normalized spacial score (nSPS) is 12.2. The second-order valence-corrected chi connectivity index (χ2v) is 12.4. The number of rotatable bonds is 33. The minimum Gasteiger partial charge on any atom is -0.481 e. The second-order valence-electron chi connectivity index (χ2n) is 12.4. The summed E-state index contributed by atoms with van der Waals surface area (Å²) in [7, 11) is 0. The maximum atomic E-state index is 12.6. The van der Waals surface area contributed by atoms with Crippen LogP contribution < -0.4 is 0 Å². The molecule has 0 fully saturated rings.